The summed E-state index contributed by atoms with van der Waals surface area (Å²) in [6, 6.07) is 8.25. The Hall–Kier alpha value is -2.12. The van der Waals surface area contributed by atoms with Gasteiger partial charge in [-0.2, -0.15) is 0 Å². The van der Waals surface area contributed by atoms with Crippen LogP contribution in [0.25, 0.3) is 0 Å². The predicted molar refractivity (Wildman–Crippen MR) is 124 cm³/mol. The molecular weight excluding hydrogens is 404 g/mol. The van der Waals surface area contributed by atoms with Crippen LogP contribution in [-0.2, 0) is 16.1 Å². The van der Waals surface area contributed by atoms with Gasteiger partial charge in [-0.3, -0.25) is 19.4 Å². The molecule has 0 radical (unpaired) electrons. The SMILES string of the molecule is CCOc1ccccc1CN1CCNC(=O)[C@@H]1CC(=O)N1CCCN(C2CCCC2)CC1. The number of nitrogens with one attached hydrogen (secondary N) is 1. The van der Waals surface area contributed by atoms with E-state index in [1.54, 1.807) is 0 Å². The maximum atomic E-state index is 13.2. The molecule has 2 amide bonds. The van der Waals surface area contributed by atoms with Gasteiger partial charge in [0, 0.05) is 57.4 Å². The summed E-state index contributed by atoms with van der Waals surface area (Å²) in [4.78, 5) is 32.7. The Morgan fingerprint density at radius 1 is 1.06 bits per heavy atom. The van der Waals surface area contributed by atoms with Crippen molar-refractivity contribution < 1.29 is 14.3 Å². The van der Waals surface area contributed by atoms with E-state index in [1.807, 2.05) is 36.1 Å². The van der Waals surface area contributed by atoms with Crippen LogP contribution in [0.4, 0.5) is 0 Å². The van der Waals surface area contributed by atoms with Crippen molar-refractivity contribution in [3.05, 3.63) is 29.8 Å². The number of benzene rings is 1. The molecule has 0 unspecified atom stereocenters. The summed E-state index contributed by atoms with van der Waals surface area (Å²) < 4.78 is 5.78. The van der Waals surface area contributed by atoms with Gasteiger partial charge < -0.3 is 15.0 Å². The van der Waals surface area contributed by atoms with E-state index in [4.69, 9.17) is 4.74 Å². The Bertz CT molecular complexity index is 780. The largest absolute Gasteiger partial charge is 0.494 e. The zero-order valence-electron chi connectivity index (χ0n) is 19.4. The average Bonchev–Trinajstić information content (AvgIpc) is 3.22. The van der Waals surface area contributed by atoms with Gasteiger partial charge in [0.15, 0.2) is 0 Å². The van der Waals surface area contributed by atoms with Crippen LogP contribution in [0.5, 0.6) is 5.75 Å². The van der Waals surface area contributed by atoms with E-state index in [1.165, 1.54) is 25.7 Å². The van der Waals surface area contributed by atoms with Crippen LogP contribution in [0.1, 0.15) is 51.0 Å². The molecule has 1 N–H and O–H groups in total. The molecule has 4 rings (SSSR count). The summed E-state index contributed by atoms with van der Waals surface area (Å²) in [5, 5.41) is 2.96. The quantitative estimate of drug-likeness (QED) is 0.702. The molecule has 0 spiro atoms. The van der Waals surface area contributed by atoms with Crippen molar-refractivity contribution in [3.63, 3.8) is 0 Å². The first-order valence-electron chi connectivity index (χ1n) is 12.4. The zero-order valence-corrected chi connectivity index (χ0v) is 19.4. The highest BCUT2D eigenvalue weighted by Crippen LogP contribution is 2.25. The van der Waals surface area contributed by atoms with Gasteiger partial charge in [-0.15, -0.1) is 0 Å². The van der Waals surface area contributed by atoms with Crippen molar-refractivity contribution in [2.75, 3.05) is 45.9 Å². The fraction of sp³-hybridized carbons (Fsp3) is 0.680. The normalized spacial score (nSPS) is 23.7. The van der Waals surface area contributed by atoms with Crippen LogP contribution >= 0.6 is 0 Å². The standard InChI is InChI=1S/C25H38N4O3/c1-2-32-23-11-6-3-8-20(23)19-29-15-12-26-25(31)22(29)18-24(30)28-14-7-13-27(16-17-28)21-9-4-5-10-21/h3,6,8,11,21-22H,2,4-5,7,9-10,12-19H2,1H3,(H,26,31)/t22-/m0/s1. The van der Waals surface area contributed by atoms with Gasteiger partial charge >= 0.3 is 0 Å². The number of nitrogens with zero attached hydrogens (tertiary/aromatic N) is 3. The van der Waals surface area contributed by atoms with Crippen molar-refractivity contribution in [3.8, 4) is 5.75 Å². The number of para-hydroxylation sites is 1. The van der Waals surface area contributed by atoms with Crippen LogP contribution in [0, 0.1) is 0 Å². The maximum Gasteiger partial charge on any atom is 0.237 e. The fourth-order valence-corrected chi connectivity index (χ4v) is 5.44. The highest BCUT2D eigenvalue weighted by molar-refractivity contribution is 5.88. The minimum absolute atomic E-state index is 0.0408. The van der Waals surface area contributed by atoms with Crippen molar-refractivity contribution in [1.29, 1.82) is 0 Å². The van der Waals surface area contributed by atoms with Gasteiger partial charge in [-0.1, -0.05) is 31.0 Å². The van der Waals surface area contributed by atoms with E-state index in [0.29, 0.717) is 25.7 Å². The number of amides is 2. The molecule has 1 aromatic carbocycles. The molecule has 2 heterocycles. The third kappa shape index (κ3) is 5.62. The molecule has 7 heteroatoms. The highest BCUT2D eigenvalue weighted by atomic mass is 16.5. The average molecular weight is 443 g/mol. The summed E-state index contributed by atoms with van der Waals surface area (Å²) in [6.45, 7) is 8.14. The third-order valence-corrected chi connectivity index (χ3v) is 7.18. The zero-order chi connectivity index (χ0) is 22.3. The first kappa shape index (κ1) is 23.1. The number of ether oxygens (including phenoxy) is 1. The predicted octanol–water partition coefficient (Wildman–Crippen LogP) is 2.25. The van der Waals surface area contributed by atoms with Crippen LogP contribution < -0.4 is 10.1 Å². The lowest BCUT2D eigenvalue weighted by Gasteiger charge is -2.36. The smallest absolute Gasteiger partial charge is 0.237 e. The monoisotopic (exact) mass is 442 g/mol. The van der Waals surface area contributed by atoms with Crippen LogP contribution in [0.15, 0.2) is 24.3 Å². The lowest BCUT2D eigenvalue weighted by atomic mass is 10.1. The summed E-state index contributed by atoms with van der Waals surface area (Å²) >= 11 is 0. The summed E-state index contributed by atoms with van der Waals surface area (Å²) in [5.74, 6) is 0.912. The summed E-state index contributed by atoms with van der Waals surface area (Å²) in [5.41, 5.74) is 1.06. The number of rotatable bonds is 7. The number of hydrogen-bond donors (Lipinski definition) is 1. The molecule has 2 saturated heterocycles. The minimum atomic E-state index is -0.430. The van der Waals surface area contributed by atoms with E-state index >= 15 is 0 Å². The summed E-state index contributed by atoms with van der Waals surface area (Å²) in [7, 11) is 0. The third-order valence-electron chi connectivity index (χ3n) is 7.18. The molecular formula is C25H38N4O3. The van der Waals surface area contributed by atoms with Crippen molar-refractivity contribution >= 4 is 11.8 Å². The molecule has 1 aliphatic carbocycles. The highest BCUT2D eigenvalue weighted by Gasteiger charge is 2.34. The molecule has 1 atom stereocenters. The van der Waals surface area contributed by atoms with Gasteiger partial charge in [0.2, 0.25) is 11.8 Å². The van der Waals surface area contributed by atoms with Crippen molar-refractivity contribution in [2.24, 2.45) is 0 Å². The van der Waals surface area contributed by atoms with Gasteiger partial charge in [0.05, 0.1) is 19.1 Å². The molecule has 176 valence electrons. The van der Waals surface area contributed by atoms with Crippen molar-refractivity contribution in [2.45, 2.75) is 64.1 Å². The molecule has 3 aliphatic rings. The number of carbonyl (C=O) groups excluding carboxylic acids is 2. The summed E-state index contributed by atoms with van der Waals surface area (Å²) in [6.07, 6.45) is 6.53. The van der Waals surface area contributed by atoms with Crippen LogP contribution in [0.2, 0.25) is 0 Å². The Morgan fingerprint density at radius 3 is 2.69 bits per heavy atom. The number of carbonyl (C=O) groups is 2. The van der Waals surface area contributed by atoms with Gasteiger partial charge in [-0.25, -0.2) is 0 Å². The second-order valence-corrected chi connectivity index (χ2v) is 9.23. The van der Waals surface area contributed by atoms with Gasteiger partial charge in [0.1, 0.15) is 5.75 Å². The molecule has 0 bridgehead atoms. The van der Waals surface area contributed by atoms with E-state index in [0.717, 1.165) is 50.5 Å². The molecule has 0 aromatic heterocycles. The van der Waals surface area contributed by atoms with Crippen molar-refractivity contribution in [1.82, 2.24) is 20.0 Å². The minimum Gasteiger partial charge on any atom is -0.494 e. The first-order valence-corrected chi connectivity index (χ1v) is 12.4. The second kappa shape index (κ2) is 11.1. The second-order valence-electron chi connectivity index (χ2n) is 9.23. The van der Waals surface area contributed by atoms with Gasteiger partial charge in [0.25, 0.3) is 0 Å². The molecule has 3 fully saturated rings. The molecule has 2 aliphatic heterocycles. The molecule has 32 heavy (non-hydrogen) atoms. The lowest BCUT2D eigenvalue weighted by molar-refractivity contribution is -0.139. The van der Waals surface area contributed by atoms with E-state index in [2.05, 4.69) is 15.1 Å². The topological polar surface area (TPSA) is 65.1 Å². The Balaban J connectivity index is 1.38. The van der Waals surface area contributed by atoms with Gasteiger partial charge in [-0.05, 0) is 32.3 Å². The Kier molecular flexibility index (Phi) is 8.03. The fourth-order valence-electron chi connectivity index (χ4n) is 5.44. The van der Waals surface area contributed by atoms with Crippen LogP contribution in [0.3, 0.4) is 0 Å². The van der Waals surface area contributed by atoms with E-state index < -0.39 is 6.04 Å². The Morgan fingerprint density at radius 2 is 1.88 bits per heavy atom. The first-order chi connectivity index (χ1) is 15.7. The number of piperazine rings is 1. The lowest BCUT2D eigenvalue weighted by Crippen LogP contribution is -2.56. The molecule has 1 aromatic rings. The van der Waals surface area contributed by atoms with Crippen LogP contribution in [-0.4, -0.2) is 84.5 Å². The van der Waals surface area contributed by atoms with E-state index in [-0.39, 0.29) is 18.2 Å². The Labute approximate surface area is 192 Å². The molecule has 1 saturated carbocycles. The maximum absolute atomic E-state index is 13.2. The molecule has 7 nitrogen and oxygen atoms in total. The van der Waals surface area contributed by atoms with E-state index in [9.17, 15) is 9.59 Å². The number of hydrogen-bond acceptors (Lipinski definition) is 5.